The molecule has 1 heterocycles. The lowest BCUT2D eigenvalue weighted by molar-refractivity contribution is -0.136. The van der Waals surface area contributed by atoms with Crippen molar-refractivity contribution in [2.45, 2.75) is 25.7 Å². The zero-order valence-corrected chi connectivity index (χ0v) is 11.0. The van der Waals surface area contributed by atoms with Crippen molar-refractivity contribution < 1.29 is 14.6 Å². The summed E-state index contributed by atoms with van der Waals surface area (Å²) in [6.07, 6.45) is 3.25. The van der Waals surface area contributed by atoms with Crippen LogP contribution in [0.3, 0.4) is 0 Å². The smallest absolute Gasteiger partial charge is 0.303 e. The van der Waals surface area contributed by atoms with Gasteiger partial charge in [0.1, 0.15) is 0 Å². The standard InChI is InChI=1S/C12H18N2O3S/c15-11(16)4-3-10-8-18-12(14-10)13-5-6-17-7-9-1-2-9/h8-9H,1-7H2,(H,13,14)(H,15,16). The fourth-order valence-corrected chi connectivity index (χ4v) is 2.28. The number of hydrogen-bond donors (Lipinski definition) is 2. The minimum absolute atomic E-state index is 0.133. The van der Waals surface area contributed by atoms with Crippen LogP contribution < -0.4 is 5.32 Å². The molecule has 0 aliphatic heterocycles. The van der Waals surface area contributed by atoms with E-state index in [1.54, 1.807) is 0 Å². The van der Waals surface area contributed by atoms with Crippen molar-refractivity contribution in [3.05, 3.63) is 11.1 Å². The second kappa shape index (κ2) is 6.70. The molecule has 5 nitrogen and oxygen atoms in total. The third-order valence-electron chi connectivity index (χ3n) is 2.72. The highest BCUT2D eigenvalue weighted by Crippen LogP contribution is 2.28. The van der Waals surface area contributed by atoms with Gasteiger partial charge in [0.05, 0.1) is 18.7 Å². The average molecular weight is 270 g/mol. The first-order valence-corrected chi connectivity index (χ1v) is 7.10. The summed E-state index contributed by atoms with van der Waals surface area (Å²) >= 11 is 1.51. The highest BCUT2D eigenvalue weighted by molar-refractivity contribution is 7.13. The van der Waals surface area contributed by atoms with Crippen LogP contribution in [0.4, 0.5) is 5.13 Å². The molecule has 18 heavy (non-hydrogen) atoms. The molecule has 0 spiro atoms. The van der Waals surface area contributed by atoms with E-state index in [0.29, 0.717) is 13.0 Å². The van der Waals surface area contributed by atoms with Gasteiger partial charge in [0, 0.05) is 25.0 Å². The van der Waals surface area contributed by atoms with Crippen LogP contribution >= 0.6 is 11.3 Å². The van der Waals surface area contributed by atoms with E-state index >= 15 is 0 Å². The van der Waals surface area contributed by atoms with E-state index in [0.717, 1.165) is 29.9 Å². The first-order valence-electron chi connectivity index (χ1n) is 6.22. The number of rotatable bonds is 9. The quantitative estimate of drug-likeness (QED) is 0.672. The summed E-state index contributed by atoms with van der Waals surface area (Å²) in [6.45, 7) is 2.32. The van der Waals surface area contributed by atoms with Gasteiger partial charge in [-0.3, -0.25) is 4.79 Å². The van der Waals surface area contributed by atoms with Gasteiger partial charge in [-0.2, -0.15) is 0 Å². The Bertz CT molecular complexity index is 390. The molecule has 0 bridgehead atoms. The molecule has 1 saturated carbocycles. The van der Waals surface area contributed by atoms with Gasteiger partial charge >= 0.3 is 5.97 Å². The van der Waals surface area contributed by atoms with Crippen molar-refractivity contribution >= 4 is 22.4 Å². The number of hydrogen-bond acceptors (Lipinski definition) is 5. The minimum Gasteiger partial charge on any atom is -0.481 e. The lowest BCUT2D eigenvalue weighted by Gasteiger charge is -2.03. The Morgan fingerprint density at radius 3 is 3.17 bits per heavy atom. The van der Waals surface area contributed by atoms with E-state index < -0.39 is 5.97 Å². The number of ether oxygens (including phenoxy) is 1. The van der Waals surface area contributed by atoms with Crippen LogP contribution in [0.1, 0.15) is 25.0 Å². The SMILES string of the molecule is O=C(O)CCc1csc(NCCOCC2CC2)n1. The number of carboxylic acids is 1. The van der Waals surface area contributed by atoms with E-state index in [-0.39, 0.29) is 6.42 Å². The molecule has 2 rings (SSSR count). The molecular formula is C12H18N2O3S. The summed E-state index contributed by atoms with van der Waals surface area (Å²) in [5.74, 6) is 0.0125. The van der Waals surface area contributed by atoms with Crippen molar-refractivity contribution in [1.82, 2.24) is 4.98 Å². The molecular weight excluding hydrogens is 252 g/mol. The predicted molar refractivity (Wildman–Crippen MR) is 70.1 cm³/mol. The molecule has 1 fully saturated rings. The number of aliphatic carboxylic acids is 1. The van der Waals surface area contributed by atoms with Crippen LogP contribution in [0.5, 0.6) is 0 Å². The number of carboxylic acid groups (broad SMARTS) is 1. The van der Waals surface area contributed by atoms with Gasteiger partial charge in [-0.15, -0.1) is 11.3 Å². The number of anilines is 1. The van der Waals surface area contributed by atoms with Crippen molar-refractivity contribution in [2.24, 2.45) is 5.92 Å². The van der Waals surface area contributed by atoms with Crippen LogP contribution in [0.15, 0.2) is 5.38 Å². The molecule has 1 aromatic rings. The van der Waals surface area contributed by atoms with Crippen molar-refractivity contribution in [3.63, 3.8) is 0 Å². The maximum absolute atomic E-state index is 10.4. The molecule has 6 heteroatoms. The highest BCUT2D eigenvalue weighted by Gasteiger charge is 2.20. The van der Waals surface area contributed by atoms with Gasteiger partial charge in [-0.1, -0.05) is 0 Å². The van der Waals surface area contributed by atoms with Crippen LogP contribution in [0, 0.1) is 5.92 Å². The summed E-state index contributed by atoms with van der Waals surface area (Å²) < 4.78 is 5.50. The maximum Gasteiger partial charge on any atom is 0.303 e. The van der Waals surface area contributed by atoms with Gasteiger partial charge in [-0.05, 0) is 18.8 Å². The molecule has 0 saturated heterocycles. The van der Waals surface area contributed by atoms with Crippen molar-refractivity contribution in [2.75, 3.05) is 25.1 Å². The third-order valence-corrected chi connectivity index (χ3v) is 3.57. The monoisotopic (exact) mass is 270 g/mol. The number of nitrogens with zero attached hydrogens (tertiary/aromatic N) is 1. The van der Waals surface area contributed by atoms with E-state index in [1.165, 1.54) is 24.2 Å². The Morgan fingerprint density at radius 1 is 1.61 bits per heavy atom. The van der Waals surface area contributed by atoms with E-state index in [1.807, 2.05) is 5.38 Å². The molecule has 0 atom stereocenters. The summed E-state index contributed by atoms with van der Waals surface area (Å²) in [4.78, 5) is 14.7. The predicted octanol–water partition coefficient (Wildman–Crippen LogP) is 2.00. The molecule has 0 unspecified atom stereocenters. The number of aryl methyl sites for hydroxylation is 1. The fraction of sp³-hybridized carbons (Fsp3) is 0.667. The van der Waals surface area contributed by atoms with Crippen LogP contribution in [-0.4, -0.2) is 35.8 Å². The first kappa shape index (κ1) is 13.3. The van der Waals surface area contributed by atoms with Gasteiger partial charge in [0.25, 0.3) is 0 Å². The Kier molecular flexibility index (Phi) is 4.95. The summed E-state index contributed by atoms with van der Waals surface area (Å²) in [7, 11) is 0. The van der Waals surface area contributed by atoms with Gasteiger partial charge < -0.3 is 15.2 Å². The van der Waals surface area contributed by atoms with Crippen LogP contribution in [0.2, 0.25) is 0 Å². The van der Waals surface area contributed by atoms with E-state index in [4.69, 9.17) is 9.84 Å². The normalized spacial score (nSPS) is 14.7. The highest BCUT2D eigenvalue weighted by atomic mass is 32.1. The molecule has 0 radical (unpaired) electrons. The van der Waals surface area contributed by atoms with Gasteiger partial charge in [-0.25, -0.2) is 4.98 Å². The Balaban J connectivity index is 1.58. The minimum atomic E-state index is -0.786. The molecule has 1 aromatic heterocycles. The van der Waals surface area contributed by atoms with E-state index in [9.17, 15) is 4.79 Å². The summed E-state index contributed by atoms with van der Waals surface area (Å²) in [5, 5.41) is 14.5. The zero-order chi connectivity index (χ0) is 12.8. The second-order valence-electron chi connectivity index (χ2n) is 4.48. The number of aromatic nitrogens is 1. The molecule has 0 amide bonds. The lowest BCUT2D eigenvalue weighted by atomic mass is 10.2. The molecule has 0 aromatic carbocycles. The summed E-state index contributed by atoms with van der Waals surface area (Å²) in [6, 6.07) is 0. The second-order valence-corrected chi connectivity index (χ2v) is 5.34. The average Bonchev–Trinajstić information content (AvgIpc) is 3.05. The molecule has 100 valence electrons. The lowest BCUT2D eigenvalue weighted by Crippen LogP contribution is -2.10. The number of thiazole rings is 1. The van der Waals surface area contributed by atoms with E-state index in [2.05, 4.69) is 10.3 Å². The molecule has 1 aliphatic rings. The Hall–Kier alpha value is -1.14. The largest absolute Gasteiger partial charge is 0.481 e. The third kappa shape index (κ3) is 5.01. The fourth-order valence-electron chi connectivity index (χ4n) is 1.50. The van der Waals surface area contributed by atoms with Crippen LogP contribution in [0.25, 0.3) is 0 Å². The Morgan fingerprint density at radius 2 is 2.44 bits per heavy atom. The first-order chi connectivity index (χ1) is 8.74. The number of nitrogens with one attached hydrogen (secondary N) is 1. The Labute approximate surface area is 110 Å². The summed E-state index contributed by atoms with van der Waals surface area (Å²) in [5.41, 5.74) is 0.837. The number of carbonyl (C=O) groups is 1. The zero-order valence-electron chi connectivity index (χ0n) is 10.2. The van der Waals surface area contributed by atoms with Gasteiger partial charge in [0.2, 0.25) is 0 Å². The maximum atomic E-state index is 10.4. The molecule has 1 aliphatic carbocycles. The van der Waals surface area contributed by atoms with Crippen molar-refractivity contribution in [1.29, 1.82) is 0 Å². The van der Waals surface area contributed by atoms with Crippen LogP contribution in [-0.2, 0) is 16.0 Å². The topological polar surface area (TPSA) is 71.5 Å². The molecule has 2 N–H and O–H groups in total. The van der Waals surface area contributed by atoms with Gasteiger partial charge in [0.15, 0.2) is 5.13 Å². The van der Waals surface area contributed by atoms with Crippen molar-refractivity contribution in [3.8, 4) is 0 Å².